The van der Waals surface area contributed by atoms with Gasteiger partial charge in [-0.25, -0.2) is 4.39 Å². The summed E-state index contributed by atoms with van der Waals surface area (Å²) in [7, 11) is 3.90. The van der Waals surface area contributed by atoms with Crippen molar-refractivity contribution in [3.05, 3.63) is 33.6 Å². The highest BCUT2D eigenvalue weighted by atomic mass is 35.5. The van der Waals surface area contributed by atoms with Crippen LogP contribution in [0.2, 0.25) is 10.0 Å². The lowest BCUT2D eigenvalue weighted by molar-refractivity contribution is 0.171. The Labute approximate surface area is 123 Å². The summed E-state index contributed by atoms with van der Waals surface area (Å²) in [5.41, 5.74) is -0.310. The molecule has 1 atom stereocenters. The molecule has 0 saturated carbocycles. The van der Waals surface area contributed by atoms with Crippen molar-refractivity contribution in [3.63, 3.8) is 0 Å². The summed E-state index contributed by atoms with van der Waals surface area (Å²) in [5.74, 6) is -0.546. The third-order valence-corrected chi connectivity index (χ3v) is 3.60. The van der Waals surface area contributed by atoms with Gasteiger partial charge in [0, 0.05) is 18.1 Å². The molecule has 0 heterocycles. The van der Waals surface area contributed by atoms with E-state index in [2.05, 4.69) is 5.32 Å². The first-order valence-corrected chi connectivity index (χ1v) is 6.71. The maximum absolute atomic E-state index is 13.6. The van der Waals surface area contributed by atoms with E-state index in [1.54, 1.807) is 6.92 Å². The molecule has 0 bridgehead atoms. The molecule has 0 aromatic heterocycles. The maximum atomic E-state index is 13.6. The van der Waals surface area contributed by atoms with E-state index in [1.807, 2.05) is 19.0 Å². The molecule has 0 aliphatic heterocycles. The second-order valence-electron chi connectivity index (χ2n) is 4.97. The highest BCUT2D eigenvalue weighted by Gasteiger charge is 2.28. The Hall–Kier alpha value is -0.390. The Bertz CT molecular complexity index is 443. The van der Waals surface area contributed by atoms with Crippen LogP contribution in [0.5, 0.6) is 0 Å². The summed E-state index contributed by atoms with van der Waals surface area (Å²) in [4.78, 5) is 2.01. The van der Waals surface area contributed by atoms with Crippen molar-refractivity contribution in [3.8, 4) is 0 Å². The summed E-state index contributed by atoms with van der Waals surface area (Å²) >= 11 is 11.8. The Balaban J connectivity index is 2.97. The zero-order valence-corrected chi connectivity index (χ0v) is 12.8. The molecule has 108 valence electrons. The predicted molar refractivity (Wildman–Crippen MR) is 77.4 cm³/mol. The van der Waals surface area contributed by atoms with Crippen LogP contribution in [0.25, 0.3) is 0 Å². The minimum absolute atomic E-state index is 0.0256. The van der Waals surface area contributed by atoms with Crippen LogP contribution in [0.3, 0.4) is 0 Å². The van der Waals surface area contributed by atoms with Gasteiger partial charge in [0.2, 0.25) is 0 Å². The van der Waals surface area contributed by atoms with E-state index in [9.17, 15) is 9.50 Å². The first-order chi connectivity index (χ1) is 8.80. The molecule has 1 unspecified atom stereocenters. The Morgan fingerprint density at radius 2 is 1.95 bits per heavy atom. The van der Waals surface area contributed by atoms with Crippen molar-refractivity contribution in [1.82, 2.24) is 10.2 Å². The summed E-state index contributed by atoms with van der Waals surface area (Å²) in [6.07, 6.45) is 0. The summed E-state index contributed by atoms with van der Waals surface area (Å²) in [6.45, 7) is 3.02. The minimum Gasteiger partial charge on any atom is -0.394 e. The number of aliphatic hydroxyl groups is 1. The van der Waals surface area contributed by atoms with Gasteiger partial charge in [-0.1, -0.05) is 23.2 Å². The number of aliphatic hydroxyl groups excluding tert-OH is 1. The topological polar surface area (TPSA) is 35.5 Å². The van der Waals surface area contributed by atoms with Gasteiger partial charge in [0.05, 0.1) is 17.2 Å². The fourth-order valence-corrected chi connectivity index (χ4v) is 2.33. The number of halogens is 3. The molecule has 0 aliphatic carbocycles. The van der Waals surface area contributed by atoms with E-state index < -0.39 is 11.4 Å². The second-order valence-corrected chi connectivity index (χ2v) is 5.78. The van der Waals surface area contributed by atoms with Crippen LogP contribution in [-0.4, -0.2) is 43.8 Å². The smallest absolute Gasteiger partial charge is 0.142 e. The number of hydrogen-bond acceptors (Lipinski definition) is 3. The van der Waals surface area contributed by atoms with Crippen LogP contribution < -0.4 is 5.32 Å². The SMILES string of the molecule is CN(C)CCNC(C)(CO)c1cc(F)c(Cl)cc1Cl. The molecule has 2 N–H and O–H groups in total. The number of benzene rings is 1. The van der Waals surface area contributed by atoms with E-state index in [-0.39, 0.29) is 11.6 Å². The third kappa shape index (κ3) is 4.29. The van der Waals surface area contributed by atoms with E-state index in [4.69, 9.17) is 23.2 Å². The minimum atomic E-state index is -0.807. The number of rotatable bonds is 6. The van der Waals surface area contributed by atoms with Crippen LogP contribution in [0.4, 0.5) is 4.39 Å². The van der Waals surface area contributed by atoms with Crippen molar-refractivity contribution in [2.75, 3.05) is 33.8 Å². The molecule has 0 aliphatic rings. The Morgan fingerprint density at radius 3 is 2.47 bits per heavy atom. The standard InChI is InChI=1S/C13H19Cl2FN2O/c1-13(8-19,17-4-5-18(2)3)9-6-12(16)11(15)7-10(9)14/h6-7,17,19H,4-5,8H2,1-3H3. The summed E-state index contributed by atoms with van der Waals surface area (Å²) in [5, 5.41) is 13.1. The van der Waals surface area contributed by atoms with Gasteiger partial charge >= 0.3 is 0 Å². The van der Waals surface area contributed by atoms with Crippen LogP contribution in [0, 0.1) is 5.82 Å². The molecule has 0 saturated heterocycles. The lowest BCUT2D eigenvalue weighted by Crippen LogP contribution is -2.45. The Morgan fingerprint density at radius 1 is 1.32 bits per heavy atom. The predicted octanol–water partition coefficient (Wildman–Crippen LogP) is 2.49. The molecule has 0 amide bonds. The largest absolute Gasteiger partial charge is 0.394 e. The van der Waals surface area contributed by atoms with E-state index in [1.165, 1.54) is 12.1 Å². The van der Waals surface area contributed by atoms with Gasteiger partial charge in [0.25, 0.3) is 0 Å². The van der Waals surface area contributed by atoms with E-state index >= 15 is 0 Å². The zero-order chi connectivity index (χ0) is 14.6. The lowest BCUT2D eigenvalue weighted by Gasteiger charge is -2.31. The van der Waals surface area contributed by atoms with Gasteiger partial charge in [-0.2, -0.15) is 0 Å². The van der Waals surface area contributed by atoms with Crippen LogP contribution in [0.15, 0.2) is 12.1 Å². The van der Waals surface area contributed by atoms with Crippen molar-refractivity contribution >= 4 is 23.2 Å². The van der Waals surface area contributed by atoms with Gasteiger partial charge < -0.3 is 15.3 Å². The molecule has 19 heavy (non-hydrogen) atoms. The molecular weight excluding hydrogens is 290 g/mol. The molecule has 1 rings (SSSR count). The van der Waals surface area contributed by atoms with Crippen molar-refractivity contribution < 1.29 is 9.50 Å². The average molecular weight is 309 g/mol. The average Bonchev–Trinajstić information content (AvgIpc) is 2.33. The fraction of sp³-hybridized carbons (Fsp3) is 0.538. The molecule has 1 aromatic rings. The zero-order valence-electron chi connectivity index (χ0n) is 11.3. The molecule has 0 fully saturated rings. The van der Waals surface area contributed by atoms with Crippen molar-refractivity contribution in [1.29, 1.82) is 0 Å². The normalized spacial score (nSPS) is 14.7. The molecule has 3 nitrogen and oxygen atoms in total. The molecule has 0 spiro atoms. The van der Waals surface area contributed by atoms with Gasteiger partial charge in [0.15, 0.2) is 0 Å². The van der Waals surface area contributed by atoms with Crippen LogP contribution in [-0.2, 0) is 5.54 Å². The number of hydrogen-bond donors (Lipinski definition) is 2. The number of nitrogens with zero attached hydrogens (tertiary/aromatic N) is 1. The first kappa shape index (κ1) is 16.7. The highest BCUT2D eigenvalue weighted by molar-refractivity contribution is 6.35. The molecule has 0 radical (unpaired) electrons. The third-order valence-electron chi connectivity index (χ3n) is 2.99. The van der Waals surface area contributed by atoms with Gasteiger partial charge in [-0.3, -0.25) is 0 Å². The van der Waals surface area contributed by atoms with Gasteiger partial charge in [-0.15, -0.1) is 0 Å². The molecule has 6 heteroatoms. The number of likely N-dealkylation sites (N-methyl/N-ethyl adjacent to an activating group) is 1. The van der Waals surface area contributed by atoms with Crippen molar-refractivity contribution in [2.24, 2.45) is 0 Å². The lowest BCUT2D eigenvalue weighted by atomic mass is 9.92. The monoisotopic (exact) mass is 308 g/mol. The van der Waals surface area contributed by atoms with Gasteiger partial charge in [-0.05, 0) is 38.7 Å². The van der Waals surface area contributed by atoms with E-state index in [0.717, 1.165) is 6.54 Å². The van der Waals surface area contributed by atoms with Crippen molar-refractivity contribution in [2.45, 2.75) is 12.5 Å². The highest BCUT2D eigenvalue weighted by Crippen LogP contribution is 2.31. The second kappa shape index (κ2) is 6.86. The van der Waals surface area contributed by atoms with E-state index in [0.29, 0.717) is 17.1 Å². The fourth-order valence-electron chi connectivity index (χ4n) is 1.74. The van der Waals surface area contributed by atoms with Crippen LogP contribution >= 0.6 is 23.2 Å². The first-order valence-electron chi connectivity index (χ1n) is 5.96. The van der Waals surface area contributed by atoms with Gasteiger partial charge in [0.1, 0.15) is 5.82 Å². The molecule has 1 aromatic carbocycles. The quantitative estimate of drug-likeness (QED) is 0.793. The Kier molecular flexibility index (Phi) is 6.02. The maximum Gasteiger partial charge on any atom is 0.142 e. The number of nitrogens with one attached hydrogen (secondary N) is 1. The molecular formula is C13H19Cl2FN2O. The van der Waals surface area contributed by atoms with Crippen LogP contribution in [0.1, 0.15) is 12.5 Å². The summed E-state index contributed by atoms with van der Waals surface area (Å²) < 4.78 is 13.6. The summed E-state index contributed by atoms with van der Waals surface area (Å²) in [6, 6.07) is 2.62.